The van der Waals surface area contributed by atoms with Crippen LogP contribution in [0.5, 0.6) is 0 Å². The zero-order chi connectivity index (χ0) is 16.3. The second kappa shape index (κ2) is 6.99. The van der Waals surface area contributed by atoms with E-state index in [-0.39, 0.29) is 0 Å². The van der Waals surface area contributed by atoms with Gasteiger partial charge in [0.25, 0.3) is 0 Å². The number of piperidine rings is 1. The average Bonchev–Trinajstić information content (AvgIpc) is 2.90. The van der Waals surface area contributed by atoms with Crippen LogP contribution in [0.15, 0.2) is 28.8 Å². The van der Waals surface area contributed by atoms with Crippen molar-refractivity contribution in [2.24, 2.45) is 0 Å². The zero-order valence-corrected chi connectivity index (χ0v) is 14.1. The van der Waals surface area contributed by atoms with Crippen LogP contribution in [0, 0.1) is 6.92 Å². The number of aliphatic hydroxyl groups is 1. The van der Waals surface area contributed by atoms with Crippen LogP contribution in [-0.2, 0) is 12.8 Å². The highest BCUT2D eigenvalue weighted by Crippen LogP contribution is 2.25. The number of nitrogens with zero attached hydrogens (tertiary/aromatic N) is 3. The van der Waals surface area contributed by atoms with Gasteiger partial charge in [0, 0.05) is 18.1 Å². The Hall–Kier alpha value is -1.43. The summed E-state index contributed by atoms with van der Waals surface area (Å²) in [6.45, 7) is 4.33. The first-order valence-corrected chi connectivity index (χ1v) is 8.39. The number of aromatic nitrogens is 2. The van der Waals surface area contributed by atoms with Gasteiger partial charge in [-0.3, -0.25) is 0 Å². The molecule has 3 rings (SSSR count). The Morgan fingerprint density at radius 1 is 1.43 bits per heavy atom. The van der Waals surface area contributed by atoms with Crippen molar-refractivity contribution in [3.63, 3.8) is 0 Å². The maximum Gasteiger partial charge on any atom is 0.229 e. The fourth-order valence-corrected chi connectivity index (χ4v) is 3.43. The van der Waals surface area contributed by atoms with Gasteiger partial charge >= 0.3 is 0 Å². The minimum atomic E-state index is -0.786. The van der Waals surface area contributed by atoms with Crippen molar-refractivity contribution in [3.8, 4) is 0 Å². The summed E-state index contributed by atoms with van der Waals surface area (Å²) in [4.78, 5) is 6.51. The van der Waals surface area contributed by atoms with Gasteiger partial charge in [-0.25, -0.2) is 0 Å². The maximum atomic E-state index is 10.9. The third-order valence-corrected chi connectivity index (χ3v) is 4.53. The lowest BCUT2D eigenvalue weighted by atomic mass is 9.89. The Morgan fingerprint density at radius 2 is 2.30 bits per heavy atom. The number of benzene rings is 1. The highest BCUT2D eigenvalue weighted by Gasteiger charge is 2.35. The van der Waals surface area contributed by atoms with Crippen LogP contribution < -0.4 is 0 Å². The predicted molar refractivity (Wildman–Crippen MR) is 88.5 cm³/mol. The molecule has 1 N–H and O–H groups in total. The first-order valence-electron chi connectivity index (χ1n) is 8.01. The molecular formula is C17H22ClN3O2. The van der Waals surface area contributed by atoms with Crippen molar-refractivity contribution in [2.75, 3.05) is 19.6 Å². The lowest BCUT2D eigenvalue weighted by molar-refractivity contribution is -0.0345. The van der Waals surface area contributed by atoms with Gasteiger partial charge in [-0.15, -0.1) is 0 Å². The van der Waals surface area contributed by atoms with Crippen LogP contribution in [0.1, 0.15) is 30.1 Å². The molecule has 2 aromatic rings. The third kappa shape index (κ3) is 4.53. The normalized spacial score (nSPS) is 22.4. The van der Waals surface area contributed by atoms with Crippen molar-refractivity contribution in [3.05, 3.63) is 46.6 Å². The predicted octanol–water partition coefficient (Wildman–Crippen LogP) is 2.64. The topological polar surface area (TPSA) is 62.4 Å². The van der Waals surface area contributed by atoms with E-state index in [4.69, 9.17) is 16.1 Å². The number of likely N-dealkylation sites (tertiary alicyclic amines) is 1. The summed E-state index contributed by atoms with van der Waals surface area (Å²) < 4.78 is 5.16. The van der Waals surface area contributed by atoms with Crippen LogP contribution in [0.3, 0.4) is 0 Å². The zero-order valence-electron chi connectivity index (χ0n) is 13.3. The summed E-state index contributed by atoms with van der Waals surface area (Å²) in [6.07, 6.45) is 3.08. The van der Waals surface area contributed by atoms with E-state index in [9.17, 15) is 5.11 Å². The van der Waals surface area contributed by atoms with E-state index >= 15 is 0 Å². The van der Waals surface area contributed by atoms with E-state index in [1.54, 1.807) is 6.92 Å². The summed E-state index contributed by atoms with van der Waals surface area (Å²) >= 11 is 6.03. The standard InChI is InChI=1S/C17H22ClN3O2/c1-13-19-16(23-20-13)11-17(22)7-3-8-21(12-17)9-6-14-4-2-5-15(18)10-14/h2,4-5,10,22H,3,6-9,11-12H2,1H3. The molecular weight excluding hydrogens is 314 g/mol. The molecule has 23 heavy (non-hydrogen) atoms. The highest BCUT2D eigenvalue weighted by atomic mass is 35.5. The fourth-order valence-electron chi connectivity index (χ4n) is 3.21. The van der Waals surface area contributed by atoms with Gasteiger partial charge in [0.1, 0.15) is 0 Å². The molecule has 1 atom stereocenters. The Labute approximate surface area is 141 Å². The molecule has 0 bridgehead atoms. The number of hydrogen-bond acceptors (Lipinski definition) is 5. The molecule has 1 fully saturated rings. The number of β-amino-alcohol motifs (C(OH)–C–C–N with tert-alkyl or cyclic N) is 1. The number of aryl methyl sites for hydroxylation is 1. The molecule has 1 saturated heterocycles. The lowest BCUT2D eigenvalue weighted by Gasteiger charge is -2.38. The largest absolute Gasteiger partial charge is 0.388 e. The van der Waals surface area contributed by atoms with Crippen molar-refractivity contribution < 1.29 is 9.63 Å². The van der Waals surface area contributed by atoms with Crippen LogP contribution in [0.4, 0.5) is 0 Å². The van der Waals surface area contributed by atoms with E-state index in [0.29, 0.717) is 24.7 Å². The third-order valence-electron chi connectivity index (χ3n) is 4.29. The van der Waals surface area contributed by atoms with Crippen LogP contribution in [0.25, 0.3) is 0 Å². The molecule has 6 heteroatoms. The first kappa shape index (κ1) is 16.4. The average molecular weight is 336 g/mol. The SMILES string of the molecule is Cc1noc(CC2(O)CCCN(CCc3cccc(Cl)c3)C2)n1. The monoisotopic (exact) mass is 335 g/mol. The molecule has 1 aromatic carbocycles. The van der Waals surface area contributed by atoms with Gasteiger partial charge in [-0.05, 0) is 50.4 Å². The second-order valence-corrected chi connectivity index (χ2v) is 6.83. The Kier molecular flexibility index (Phi) is 4.99. The fraction of sp³-hybridized carbons (Fsp3) is 0.529. The van der Waals surface area contributed by atoms with Gasteiger partial charge in [0.2, 0.25) is 5.89 Å². The van der Waals surface area contributed by atoms with Crippen molar-refractivity contribution >= 4 is 11.6 Å². The van der Waals surface area contributed by atoms with Crippen LogP contribution in [0.2, 0.25) is 5.02 Å². The molecule has 124 valence electrons. The van der Waals surface area contributed by atoms with Gasteiger partial charge in [-0.1, -0.05) is 28.9 Å². The molecule has 1 aliphatic rings. The quantitative estimate of drug-likeness (QED) is 0.910. The van der Waals surface area contributed by atoms with Gasteiger partial charge in [0.05, 0.1) is 12.0 Å². The lowest BCUT2D eigenvalue weighted by Crippen LogP contribution is -2.50. The minimum Gasteiger partial charge on any atom is -0.388 e. The van der Waals surface area contributed by atoms with Crippen molar-refractivity contribution in [2.45, 2.75) is 38.2 Å². The van der Waals surface area contributed by atoms with Gasteiger partial charge in [0.15, 0.2) is 5.82 Å². The summed E-state index contributed by atoms with van der Waals surface area (Å²) in [5.41, 5.74) is 0.435. The molecule has 0 spiro atoms. The smallest absolute Gasteiger partial charge is 0.229 e. The summed E-state index contributed by atoms with van der Waals surface area (Å²) in [5.74, 6) is 1.12. The molecule has 0 saturated carbocycles. The summed E-state index contributed by atoms with van der Waals surface area (Å²) in [7, 11) is 0. The van der Waals surface area contributed by atoms with Crippen molar-refractivity contribution in [1.29, 1.82) is 0 Å². The Balaban J connectivity index is 1.57. The molecule has 1 unspecified atom stereocenters. The van der Waals surface area contributed by atoms with E-state index in [1.807, 2.05) is 18.2 Å². The van der Waals surface area contributed by atoms with E-state index in [1.165, 1.54) is 5.56 Å². The highest BCUT2D eigenvalue weighted by molar-refractivity contribution is 6.30. The van der Waals surface area contributed by atoms with Gasteiger partial charge in [-0.2, -0.15) is 4.98 Å². The molecule has 2 heterocycles. The molecule has 1 aromatic heterocycles. The molecule has 0 amide bonds. The van der Waals surface area contributed by atoms with E-state index in [0.717, 1.165) is 37.4 Å². The summed E-state index contributed by atoms with van der Waals surface area (Å²) in [6, 6.07) is 7.95. The second-order valence-electron chi connectivity index (χ2n) is 6.40. The maximum absolute atomic E-state index is 10.9. The Morgan fingerprint density at radius 3 is 3.04 bits per heavy atom. The molecule has 0 aliphatic carbocycles. The van der Waals surface area contributed by atoms with E-state index in [2.05, 4.69) is 21.1 Å². The van der Waals surface area contributed by atoms with Crippen LogP contribution in [-0.4, -0.2) is 45.4 Å². The molecule has 0 radical (unpaired) electrons. The van der Waals surface area contributed by atoms with Crippen molar-refractivity contribution in [1.82, 2.24) is 15.0 Å². The Bertz CT molecular complexity index is 661. The number of halogens is 1. The number of rotatable bonds is 5. The molecule has 5 nitrogen and oxygen atoms in total. The minimum absolute atomic E-state index is 0.418. The summed E-state index contributed by atoms with van der Waals surface area (Å²) in [5, 5.41) is 15.4. The van der Waals surface area contributed by atoms with Crippen LogP contribution >= 0.6 is 11.6 Å². The first-order chi connectivity index (χ1) is 11.0. The van der Waals surface area contributed by atoms with E-state index < -0.39 is 5.60 Å². The molecule has 1 aliphatic heterocycles. The number of hydrogen-bond donors (Lipinski definition) is 1. The van der Waals surface area contributed by atoms with Gasteiger partial charge < -0.3 is 14.5 Å².